The zero-order valence-corrected chi connectivity index (χ0v) is 13.6. The molecule has 0 unspecified atom stereocenters. The Labute approximate surface area is 139 Å². The summed E-state index contributed by atoms with van der Waals surface area (Å²) in [5.41, 5.74) is 2.14. The summed E-state index contributed by atoms with van der Waals surface area (Å²) in [6.45, 7) is 4.15. The number of hydrogen-bond acceptors (Lipinski definition) is 5. The predicted octanol–water partition coefficient (Wildman–Crippen LogP) is 0.429. The topological polar surface area (TPSA) is 82.5 Å². The zero-order valence-electron chi connectivity index (χ0n) is 13.6. The van der Waals surface area contributed by atoms with Crippen LogP contribution in [0.4, 0.5) is 16.3 Å². The molecule has 3 heterocycles. The highest BCUT2D eigenvalue weighted by Gasteiger charge is 2.29. The molecular weight excluding hydrogens is 308 g/mol. The molecule has 1 aromatic carbocycles. The Morgan fingerprint density at radius 1 is 1.12 bits per heavy atom. The molecule has 1 aromatic heterocycles. The third-order valence-corrected chi connectivity index (χ3v) is 4.59. The predicted molar refractivity (Wildman–Crippen MR) is 91.3 cm³/mol. The first-order valence-electron chi connectivity index (χ1n) is 8.18. The molecule has 3 amide bonds. The van der Waals surface area contributed by atoms with Crippen molar-refractivity contribution in [3.63, 3.8) is 0 Å². The molecule has 2 N–H and O–H groups in total. The van der Waals surface area contributed by atoms with Crippen molar-refractivity contribution in [2.24, 2.45) is 7.05 Å². The first-order valence-corrected chi connectivity index (χ1v) is 8.18. The van der Waals surface area contributed by atoms with Gasteiger partial charge in [0.15, 0.2) is 5.82 Å². The van der Waals surface area contributed by atoms with E-state index >= 15 is 0 Å². The van der Waals surface area contributed by atoms with Gasteiger partial charge >= 0.3 is 6.03 Å². The monoisotopic (exact) mass is 328 g/mol. The molecule has 2 fully saturated rings. The number of carbonyl (C=O) groups is 2. The fourth-order valence-electron chi connectivity index (χ4n) is 3.42. The molecule has 0 aliphatic carbocycles. The van der Waals surface area contributed by atoms with Crippen LogP contribution in [-0.2, 0) is 11.8 Å². The Morgan fingerprint density at radius 3 is 2.67 bits per heavy atom. The fraction of sp³-hybridized carbons (Fsp3) is 0.438. The molecule has 0 saturated carbocycles. The molecule has 4 rings (SSSR count). The highest BCUT2D eigenvalue weighted by atomic mass is 16.2. The Bertz CT molecular complexity index is 808. The van der Waals surface area contributed by atoms with Gasteiger partial charge in [-0.3, -0.25) is 19.7 Å². The molecule has 126 valence electrons. The van der Waals surface area contributed by atoms with E-state index in [1.54, 1.807) is 4.90 Å². The van der Waals surface area contributed by atoms with E-state index in [1.165, 1.54) is 0 Å². The van der Waals surface area contributed by atoms with Gasteiger partial charge in [0.1, 0.15) is 0 Å². The summed E-state index contributed by atoms with van der Waals surface area (Å²) in [4.78, 5) is 27.4. The number of amides is 3. The number of para-hydroxylation sites is 1. The Kier molecular flexibility index (Phi) is 3.61. The van der Waals surface area contributed by atoms with Crippen LogP contribution in [0.15, 0.2) is 18.2 Å². The number of anilines is 2. The van der Waals surface area contributed by atoms with E-state index in [0.29, 0.717) is 18.8 Å². The van der Waals surface area contributed by atoms with Crippen molar-refractivity contribution >= 4 is 34.3 Å². The average molecular weight is 328 g/mol. The van der Waals surface area contributed by atoms with Crippen molar-refractivity contribution in [3.8, 4) is 0 Å². The molecule has 0 atom stereocenters. The van der Waals surface area contributed by atoms with Crippen LogP contribution in [0.2, 0.25) is 0 Å². The van der Waals surface area contributed by atoms with Crippen LogP contribution >= 0.6 is 0 Å². The van der Waals surface area contributed by atoms with Gasteiger partial charge in [-0.1, -0.05) is 6.07 Å². The van der Waals surface area contributed by atoms with Crippen LogP contribution in [0.3, 0.4) is 0 Å². The van der Waals surface area contributed by atoms with Crippen molar-refractivity contribution in [3.05, 3.63) is 18.2 Å². The van der Waals surface area contributed by atoms with Crippen LogP contribution in [0.5, 0.6) is 0 Å². The number of aryl methyl sites for hydroxylation is 1. The second-order valence-corrected chi connectivity index (χ2v) is 6.11. The third-order valence-electron chi connectivity index (χ3n) is 4.59. The SMILES string of the molecule is Cn1nc(N2CCC(=O)NC2=O)c2cccc(N3CCNCC3)c21. The second-order valence-electron chi connectivity index (χ2n) is 6.11. The summed E-state index contributed by atoms with van der Waals surface area (Å²) in [6, 6.07) is 5.67. The molecule has 8 heteroatoms. The largest absolute Gasteiger partial charge is 0.367 e. The van der Waals surface area contributed by atoms with E-state index in [4.69, 9.17) is 0 Å². The van der Waals surface area contributed by atoms with Crippen molar-refractivity contribution in [1.29, 1.82) is 0 Å². The van der Waals surface area contributed by atoms with Gasteiger partial charge in [0.2, 0.25) is 5.91 Å². The van der Waals surface area contributed by atoms with E-state index in [2.05, 4.69) is 26.7 Å². The average Bonchev–Trinajstić information content (AvgIpc) is 2.93. The molecule has 0 spiro atoms. The van der Waals surface area contributed by atoms with Gasteiger partial charge < -0.3 is 10.2 Å². The molecule has 8 nitrogen and oxygen atoms in total. The number of imide groups is 1. The van der Waals surface area contributed by atoms with Gasteiger partial charge in [0.25, 0.3) is 0 Å². The van der Waals surface area contributed by atoms with E-state index in [1.807, 2.05) is 23.9 Å². The summed E-state index contributed by atoms with van der Waals surface area (Å²) in [5.74, 6) is 0.368. The lowest BCUT2D eigenvalue weighted by molar-refractivity contribution is -0.120. The van der Waals surface area contributed by atoms with E-state index in [-0.39, 0.29) is 5.91 Å². The summed E-state index contributed by atoms with van der Waals surface area (Å²) in [5, 5.41) is 11.2. The number of nitrogens with zero attached hydrogens (tertiary/aromatic N) is 4. The summed E-state index contributed by atoms with van der Waals surface area (Å²) in [6.07, 6.45) is 0.293. The maximum absolute atomic E-state index is 12.2. The number of nitrogens with one attached hydrogen (secondary N) is 2. The Morgan fingerprint density at radius 2 is 1.92 bits per heavy atom. The summed E-state index contributed by atoms with van der Waals surface area (Å²) in [7, 11) is 1.89. The zero-order chi connectivity index (χ0) is 16.7. The first kappa shape index (κ1) is 14.9. The van der Waals surface area contributed by atoms with Crippen LogP contribution in [0, 0.1) is 0 Å². The van der Waals surface area contributed by atoms with Crippen molar-refractivity contribution in [2.75, 3.05) is 42.5 Å². The smallest absolute Gasteiger partial charge is 0.329 e. The van der Waals surface area contributed by atoms with Gasteiger partial charge in [-0.25, -0.2) is 4.79 Å². The highest BCUT2D eigenvalue weighted by molar-refractivity contribution is 6.10. The van der Waals surface area contributed by atoms with Gasteiger partial charge in [0, 0.05) is 51.6 Å². The molecular formula is C16H20N6O2. The van der Waals surface area contributed by atoms with Crippen LogP contribution in [0.1, 0.15) is 6.42 Å². The Hall–Kier alpha value is -2.61. The standard InChI is InChI=1S/C16H20N6O2/c1-20-14-11(3-2-4-12(14)21-9-6-17-7-10-21)15(19-20)22-8-5-13(23)18-16(22)24/h2-4,17H,5-10H2,1H3,(H,18,23,24). The summed E-state index contributed by atoms with van der Waals surface area (Å²) < 4.78 is 1.83. The fourth-order valence-corrected chi connectivity index (χ4v) is 3.42. The van der Waals surface area contributed by atoms with Crippen molar-refractivity contribution in [2.45, 2.75) is 6.42 Å². The van der Waals surface area contributed by atoms with E-state index in [0.717, 1.165) is 42.8 Å². The Balaban J connectivity index is 1.78. The number of urea groups is 1. The van der Waals surface area contributed by atoms with Crippen LogP contribution in [-0.4, -0.2) is 54.4 Å². The number of hydrogen-bond donors (Lipinski definition) is 2. The number of piperazine rings is 1. The van der Waals surface area contributed by atoms with Crippen LogP contribution in [0.25, 0.3) is 10.9 Å². The van der Waals surface area contributed by atoms with E-state index < -0.39 is 6.03 Å². The number of carbonyl (C=O) groups excluding carboxylic acids is 2. The normalized spacial score (nSPS) is 19.0. The first-order chi connectivity index (χ1) is 11.6. The lowest BCUT2D eigenvalue weighted by Gasteiger charge is -2.30. The highest BCUT2D eigenvalue weighted by Crippen LogP contribution is 2.33. The molecule has 2 aliphatic heterocycles. The van der Waals surface area contributed by atoms with Gasteiger partial charge in [-0.15, -0.1) is 0 Å². The lowest BCUT2D eigenvalue weighted by Crippen LogP contribution is -2.49. The van der Waals surface area contributed by atoms with Gasteiger partial charge in [-0.05, 0) is 12.1 Å². The third kappa shape index (κ3) is 2.39. The minimum Gasteiger partial charge on any atom is -0.367 e. The molecule has 2 aliphatic rings. The number of aromatic nitrogens is 2. The quantitative estimate of drug-likeness (QED) is 0.835. The molecule has 2 saturated heterocycles. The van der Waals surface area contributed by atoms with Crippen molar-refractivity contribution in [1.82, 2.24) is 20.4 Å². The minimum atomic E-state index is -0.404. The number of fused-ring (bicyclic) bond motifs is 1. The molecule has 0 radical (unpaired) electrons. The molecule has 2 aromatic rings. The van der Waals surface area contributed by atoms with Crippen molar-refractivity contribution < 1.29 is 9.59 Å². The molecule has 0 bridgehead atoms. The van der Waals surface area contributed by atoms with Gasteiger partial charge in [-0.2, -0.15) is 5.10 Å². The second kappa shape index (κ2) is 5.79. The van der Waals surface area contributed by atoms with Crippen LogP contribution < -0.4 is 20.4 Å². The van der Waals surface area contributed by atoms with Gasteiger partial charge in [0.05, 0.1) is 11.2 Å². The number of rotatable bonds is 2. The lowest BCUT2D eigenvalue weighted by atomic mass is 10.1. The summed E-state index contributed by atoms with van der Waals surface area (Å²) >= 11 is 0. The molecule has 24 heavy (non-hydrogen) atoms. The maximum Gasteiger partial charge on any atom is 0.329 e. The number of benzene rings is 1. The maximum atomic E-state index is 12.2. The minimum absolute atomic E-state index is 0.238. The van der Waals surface area contributed by atoms with E-state index in [9.17, 15) is 9.59 Å².